The van der Waals surface area contributed by atoms with Gasteiger partial charge in [0.1, 0.15) is 0 Å². The van der Waals surface area contributed by atoms with Gasteiger partial charge in [-0.15, -0.1) is 0 Å². The highest BCUT2D eigenvalue weighted by atomic mass is 31.2. The minimum Gasteiger partial charge on any atom is -0.352 e. The van der Waals surface area contributed by atoms with Crippen molar-refractivity contribution in [2.24, 2.45) is 0 Å². The molecule has 0 heterocycles. The summed E-state index contributed by atoms with van der Waals surface area (Å²) >= 11 is 0. The molecule has 110 valence electrons. The standard InChI is InChI=1S/C12H27O5P/c1-3-4-5-6-7-8-9-10-11-16-12(2)17-18(13,14)15/h12H,3-11H2,1-2H3,(H2,13,14,15). The fourth-order valence-corrected chi connectivity index (χ4v) is 2.16. The zero-order valence-electron chi connectivity index (χ0n) is 11.5. The van der Waals surface area contributed by atoms with Crippen molar-refractivity contribution in [2.75, 3.05) is 6.61 Å². The van der Waals surface area contributed by atoms with Gasteiger partial charge in [-0.3, -0.25) is 4.52 Å². The lowest BCUT2D eigenvalue weighted by atomic mass is 10.1. The largest absolute Gasteiger partial charge is 0.471 e. The molecular formula is C12H27O5P. The summed E-state index contributed by atoms with van der Waals surface area (Å²) in [6, 6.07) is 0. The Morgan fingerprint density at radius 1 is 1.00 bits per heavy atom. The van der Waals surface area contributed by atoms with E-state index in [1.165, 1.54) is 45.4 Å². The highest BCUT2D eigenvalue weighted by Gasteiger charge is 2.18. The monoisotopic (exact) mass is 282 g/mol. The molecule has 1 unspecified atom stereocenters. The van der Waals surface area contributed by atoms with Gasteiger partial charge in [0.2, 0.25) is 0 Å². The molecule has 18 heavy (non-hydrogen) atoms. The smallest absolute Gasteiger partial charge is 0.352 e. The van der Waals surface area contributed by atoms with Crippen LogP contribution in [0.5, 0.6) is 0 Å². The Labute approximate surface area is 110 Å². The van der Waals surface area contributed by atoms with Gasteiger partial charge in [-0.2, -0.15) is 0 Å². The summed E-state index contributed by atoms with van der Waals surface area (Å²) < 4.78 is 20.0. The molecule has 0 aromatic rings. The summed E-state index contributed by atoms with van der Waals surface area (Å²) in [5, 5.41) is 0. The van der Waals surface area contributed by atoms with Crippen LogP contribution in [0.1, 0.15) is 65.2 Å². The Hall–Kier alpha value is 0.0700. The summed E-state index contributed by atoms with van der Waals surface area (Å²) in [6.07, 6.45) is 8.81. The van der Waals surface area contributed by atoms with Gasteiger partial charge in [-0.25, -0.2) is 4.57 Å². The van der Waals surface area contributed by atoms with Crippen LogP contribution in [0.25, 0.3) is 0 Å². The molecule has 0 rings (SSSR count). The van der Waals surface area contributed by atoms with Gasteiger partial charge in [0.05, 0.1) is 0 Å². The first-order valence-electron chi connectivity index (χ1n) is 6.81. The summed E-state index contributed by atoms with van der Waals surface area (Å²) in [4.78, 5) is 17.1. The molecule has 0 saturated carbocycles. The maximum atomic E-state index is 10.5. The number of ether oxygens (including phenoxy) is 1. The first-order chi connectivity index (χ1) is 8.45. The van der Waals surface area contributed by atoms with E-state index < -0.39 is 14.1 Å². The lowest BCUT2D eigenvalue weighted by molar-refractivity contribution is -0.0802. The van der Waals surface area contributed by atoms with Crippen molar-refractivity contribution in [2.45, 2.75) is 71.5 Å². The van der Waals surface area contributed by atoms with Gasteiger partial charge in [0, 0.05) is 6.61 Å². The number of phosphoric acid groups is 1. The van der Waals surface area contributed by atoms with E-state index >= 15 is 0 Å². The van der Waals surface area contributed by atoms with Gasteiger partial charge in [0.15, 0.2) is 6.29 Å². The maximum absolute atomic E-state index is 10.5. The van der Waals surface area contributed by atoms with Gasteiger partial charge in [-0.1, -0.05) is 51.9 Å². The molecule has 0 aliphatic rings. The van der Waals surface area contributed by atoms with Crippen molar-refractivity contribution in [3.05, 3.63) is 0 Å². The number of hydrogen-bond acceptors (Lipinski definition) is 3. The zero-order valence-corrected chi connectivity index (χ0v) is 12.4. The summed E-state index contributed by atoms with van der Waals surface area (Å²) in [7, 11) is -4.42. The molecule has 0 aromatic carbocycles. The van der Waals surface area contributed by atoms with Crippen LogP contribution in [0.15, 0.2) is 0 Å². The van der Waals surface area contributed by atoms with E-state index in [1.54, 1.807) is 0 Å². The van der Waals surface area contributed by atoms with E-state index in [2.05, 4.69) is 11.4 Å². The van der Waals surface area contributed by atoms with Crippen molar-refractivity contribution >= 4 is 7.82 Å². The minimum absolute atomic E-state index is 0.482. The Morgan fingerprint density at radius 2 is 1.50 bits per heavy atom. The van der Waals surface area contributed by atoms with Gasteiger partial charge < -0.3 is 14.5 Å². The molecule has 0 spiro atoms. The molecule has 5 nitrogen and oxygen atoms in total. The van der Waals surface area contributed by atoms with Gasteiger partial charge in [-0.05, 0) is 13.3 Å². The SMILES string of the molecule is CCCCCCCCCCOC(C)OP(=O)(O)O. The van der Waals surface area contributed by atoms with Crippen LogP contribution >= 0.6 is 7.82 Å². The molecule has 0 fully saturated rings. The maximum Gasteiger partial charge on any atom is 0.471 e. The number of unbranched alkanes of at least 4 members (excludes halogenated alkanes) is 7. The number of phosphoric ester groups is 1. The van der Waals surface area contributed by atoms with Crippen LogP contribution in [-0.2, 0) is 13.8 Å². The van der Waals surface area contributed by atoms with E-state index in [9.17, 15) is 4.57 Å². The van der Waals surface area contributed by atoms with Crippen molar-refractivity contribution in [1.82, 2.24) is 0 Å². The third-order valence-corrected chi connectivity index (χ3v) is 3.21. The van der Waals surface area contributed by atoms with Crippen LogP contribution in [0.4, 0.5) is 0 Å². The Morgan fingerprint density at radius 3 is 2.00 bits per heavy atom. The average Bonchev–Trinajstić information content (AvgIpc) is 2.24. The quantitative estimate of drug-likeness (QED) is 0.325. The highest BCUT2D eigenvalue weighted by Crippen LogP contribution is 2.37. The third-order valence-electron chi connectivity index (χ3n) is 2.64. The summed E-state index contributed by atoms with van der Waals surface area (Å²) in [5.74, 6) is 0. The van der Waals surface area contributed by atoms with E-state index in [4.69, 9.17) is 14.5 Å². The van der Waals surface area contributed by atoms with Gasteiger partial charge >= 0.3 is 7.82 Å². The van der Waals surface area contributed by atoms with Crippen molar-refractivity contribution in [1.29, 1.82) is 0 Å². The lowest BCUT2D eigenvalue weighted by Gasteiger charge is -2.14. The molecule has 0 radical (unpaired) electrons. The third kappa shape index (κ3) is 14.1. The second-order valence-electron chi connectivity index (χ2n) is 4.51. The van der Waals surface area contributed by atoms with Crippen LogP contribution in [-0.4, -0.2) is 22.7 Å². The molecule has 0 aliphatic carbocycles. The highest BCUT2D eigenvalue weighted by molar-refractivity contribution is 7.46. The first kappa shape index (κ1) is 18.1. The molecule has 2 N–H and O–H groups in total. The van der Waals surface area contributed by atoms with E-state index in [-0.39, 0.29) is 0 Å². The van der Waals surface area contributed by atoms with Crippen molar-refractivity contribution in [3.63, 3.8) is 0 Å². The molecule has 0 amide bonds. The Balaban J connectivity index is 3.22. The van der Waals surface area contributed by atoms with Gasteiger partial charge in [0.25, 0.3) is 0 Å². The molecule has 1 atom stereocenters. The van der Waals surface area contributed by atoms with E-state index in [1.807, 2.05) is 0 Å². The topological polar surface area (TPSA) is 76.0 Å². The second kappa shape index (κ2) is 10.9. The average molecular weight is 282 g/mol. The Bertz CT molecular complexity index is 229. The number of hydrogen-bond donors (Lipinski definition) is 2. The second-order valence-corrected chi connectivity index (χ2v) is 5.70. The van der Waals surface area contributed by atoms with Crippen LogP contribution < -0.4 is 0 Å². The fraction of sp³-hybridized carbons (Fsp3) is 1.00. The van der Waals surface area contributed by atoms with Crippen LogP contribution in [0.3, 0.4) is 0 Å². The summed E-state index contributed by atoms with van der Waals surface area (Å²) in [5.41, 5.74) is 0. The number of rotatable bonds is 12. The molecule has 0 saturated heterocycles. The first-order valence-corrected chi connectivity index (χ1v) is 8.34. The minimum atomic E-state index is -4.42. The molecule has 6 heteroatoms. The molecular weight excluding hydrogens is 255 g/mol. The van der Waals surface area contributed by atoms with Crippen molar-refractivity contribution in [3.8, 4) is 0 Å². The fourth-order valence-electron chi connectivity index (χ4n) is 1.71. The van der Waals surface area contributed by atoms with E-state index in [0.29, 0.717) is 6.61 Å². The Kier molecular flexibility index (Phi) is 11.0. The predicted octanol–water partition coefficient (Wildman–Crippen LogP) is 3.60. The van der Waals surface area contributed by atoms with E-state index in [0.717, 1.165) is 12.8 Å². The zero-order chi connectivity index (χ0) is 13.9. The van der Waals surface area contributed by atoms with Crippen molar-refractivity contribution < 1.29 is 23.6 Å². The van der Waals surface area contributed by atoms with Crippen LogP contribution in [0.2, 0.25) is 0 Å². The lowest BCUT2D eigenvalue weighted by Crippen LogP contribution is -2.12. The normalized spacial score (nSPS) is 13.8. The molecule has 0 bridgehead atoms. The molecule has 0 aromatic heterocycles. The van der Waals surface area contributed by atoms with Crippen LogP contribution in [0, 0.1) is 0 Å². The summed E-state index contributed by atoms with van der Waals surface area (Å²) in [6.45, 7) is 4.18. The molecule has 0 aliphatic heterocycles. The predicted molar refractivity (Wildman–Crippen MR) is 71.2 cm³/mol.